The molecule has 16 heteroatoms. The van der Waals surface area contributed by atoms with E-state index in [0.717, 1.165) is 18.2 Å². The number of oxime groups is 1. The first-order valence-electron chi connectivity index (χ1n) is 9.60. The average molecular weight is 571 g/mol. The van der Waals surface area contributed by atoms with Crippen LogP contribution in [0.5, 0.6) is 0 Å². The normalized spacial score (nSPS) is 13.8. The van der Waals surface area contributed by atoms with Crippen molar-refractivity contribution in [3.63, 3.8) is 0 Å². The van der Waals surface area contributed by atoms with Crippen LogP contribution in [0.4, 0.5) is 45.2 Å². The molecule has 0 fully saturated rings. The molecular weight excluding hydrogens is 555 g/mol. The second-order valence-corrected chi connectivity index (χ2v) is 9.62. The number of nitrogens with one attached hydrogen (secondary N) is 1. The number of nitrogens with zero attached hydrogens (tertiary/aromatic N) is 1. The number of sulfonamides is 1. The molecule has 2 aromatic carbocycles. The fourth-order valence-electron chi connectivity index (χ4n) is 2.80. The molecule has 2 rings (SSSR count). The van der Waals surface area contributed by atoms with Crippen molar-refractivity contribution in [2.75, 3.05) is 4.72 Å². The minimum Gasteiger partial charge on any atom is -0.391 e. The largest absolute Gasteiger partial charge is 0.516 e. The maximum Gasteiger partial charge on any atom is 0.516 e. The van der Waals surface area contributed by atoms with Crippen molar-refractivity contribution < 1.29 is 52.8 Å². The molecule has 0 radical (unpaired) electrons. The molecule has 5 nitrogen and oxygen atoms in total. The van der Waals surface area contributed by atoms with Crippen LogP contribution in [-0.4, -0.2) is 19.6 Å². The second kappa shape index (κ2) is 10.4. The van der Waals surface area contributed by atoms with Gasteiger partial charge in [-0.2, -0.15) is 47.9 Å². The topological polar surface area (TPSA) is 67.8 Å². The quantitative estimate of drug-likeness (QED) is 0.217. The Hall–Kier alpha value is -2.68. The molecule has 0 bridgehead atoms. The fourth-order valence-corrected chi connectivity index (χ4v) is 3.55. The predicted molar refractivity (Wildman–Crippen MR) is 113 cm³/mol. The number of rotatable bonds is 7. The van der Waals surface area contributed by atoms with Gasteiger partial charge in [0.15, 0.2) is 0 Å². The van der Waals surface area contributed by atoms with Gasteiger partial charge in [0, 0.05) is 16.1 Å². The third-order valence-electron chi connectivity index (χ3n) is 4.48. The van der Waals surface area contributed by atoms with E-state index in [1.54, 1.807) is 0 Å². The highest BCUT2D eigenvalue weighted by molar-refractivity contribution is 7.93. The van der Waals surface area contributed by atoms with Crippen LogP contribution in [0.15, 0.2) is 41.6 Å². The van der Waals surface area contributed by atoms with E-state index < -0.39 is 62.8 Å². The molecule has 0 aromatic heterocycles. The minimum atomic E-state index is -5.85. The lowest BCUT2D eigenvalue weighted by Crippen LogP contribution is -2.30. The smallest absolute Gasteiger partial charge is 0.391 e. The molecule has 0 aliphatic rings. The predicted octanol–water partition coefficient (Wildman–Crippen LogP) is 7.22. The Morgan fingerprint density at radius 1 is 0.972 bits per heavy atom. The molecule has 0 aliphatic heterocycles. The van der Waals surface area contributed by atoms with Crippen LogP contribution < -0.4 is 4.72 Å². The summed E-state index contributed by atoms with van der Waals surface area (Å²) in [4.78, 5) is 4.92. The summed E-state index contributed by atoms with van der Waals surface area (Å²) < 4.78 is 141. The van der Waals surface area contributed by atoms with Crippen LogP contribution >= 0.6 is 11.6 Å². The highest BCUT2D eigenvalue weighted by Crippen LogP contribution is 2.38. The van der Waals surface area contributed by atoms with Gasteiger partial charge in [-0.3, -0.25) is 4.72 Å². The monoisotopic (exact) mass is 570 g/mol. The van der Waals surface area contributed by atoms with Crippen molar-refractivity contribution in [1.82, 2.24) is 0 Å². The first-order valence-corrected chi connectivity index (χ1v) is 11.5. The van der Waals surface area contributed by atoms with E-state index in [-0.39, 0.29) is 22.4 Å². The van der Waals surface area contributed by atoms with Gasteiger partial charge in [-0.25, -0.2) is 0 Å². The molecule has 2 aromatic rings. The van der Waals surface area contributed by atoms with E-state index in [4.69, 9.17) is 16.4 Å². The van der Waals surface area contributed by atoms with Gasteiger partial charge in [0.2, 0.25) is 0 Å². The molecule has 36 heavy (non-hydrogen) atoms. The highest BCUT2D eigenvalue weighted by atomic mass is 35.5. The van der Waals surface area contributed by atoms with Gasteiger partial charge in [0.1, 0.15) is 6.61 Å². The lowest BCUT2D eigenvalue weighted by molar-refractivity contribution is -0.143. The van der Waals surface area contributed by atoms with Crippen LogP contribution in [-0.2, 0) is 33.8 Å². The van der Waals surface area contributed by atoms with E-state index in [1.807, 2.05) is 0 Å². The molecule has 0 unspecified atom stereocenters. The Bertz CT molecular complexity index is 1240. The molecule has 0 spiro atoms. The van der Waals surface area contributed by atoms with E-state index >= 15 is 0 Å². The number of hydrogen-bond acceptors (Lipinski definition) is 4. The van der Waals surface area contributed by atoms with Crippen LogP contribution in [0.2, 0.25) is 5.02 Å². The van der Waals surface area contributed by atoms with Crippen molar-refractivity contribution in [3.8, 4) is 0 Å². The van der Waals surface area contributed by atoms with E-state index in [2.05, 4.69) is 5.16 Å². The zero-order valence-corrected chi connectivity index (χ0v) is 19.7. The minimum absolute atomic E-state index is 0.0459. The lowest BCUT2D eigenvalue weighted by atomic mass is 9.99. The first kappa shape index (κ1) is 29.5. The Morgan fingerprint density at radius 2 is 1.58 bits per heavy atom. The third-order valence-corrected chi connectivity index (χ3v) is 5.81. The molecular formula is C20H16ClF9N2O3S. The van der Waals surface area contributed by atoms with Crippen LogP contribution in [0, 0.1) is 5.92 Å². The van der Waals surface area contributed by atoms with Crippen molar-refractivity contribution in [2.24, 2.45) is 11.1 Å². The molecule has 1 N–H and O–H groups in total. The SMILES string of the molecule is CC(C)C(=NOCc1ccc(C(F)(F)F)cc1C(F)(F)F)c1cc(Cl)ccc1NS(=O)(=O)C(F)(F)F. The van der Waals surface area contributed by atoms with Gasteiger partial charge in [-0.05, 0) is 36.2 Å². The number of anilines is 1. The average Bonchev–Trinajstić information content (AvgIpc) is 2.70. The Morgan fingerprint density at radius 3 is 2.08 bits per heavy atom. The van der Waals surface area contributed by atoms with E-state index in [0.29, 0.717) is 12.1 Å². The number of alkyl halides is 9. The van der Waals surface area contributed by atoms with E-state index in [1.165, 1.54) is 18.6 Å². The summed E-state index contributed by atoms with van der Waals surface area (Å²) >= 11 is 5.87. The summed E-state index contributed by atoms with van der Waals surface area (Å²) in [7, 11) is -5.85. The zero-order chi connectivity index (χ0) is 27.7. The molecule has 0 atom stereocenters. The van der Waals surface area contributed by atoms with Crippen molar-refractivity contribution >= 4 is 33.0 Å². The summed E-state index contributed by atoms with van der Waals surface area (Å²) in [5.74, 6) is -0.688. The summed E-state index contributed by atoms with van der Waals surface area (Å²) in [5, 5.41) is 3.58. The summed E-state index contributed by atoms with van der Waals surface area (Å²) in [6.07, 6.45) is -10.2. The van der Waals surface area contributed by atoms with Gasteiger partial charge in [-0.1, -0.05) is 36.7 Å². The standard InChI is InChI=1S/C20H16ClF9N2O3S/c1-10(2)17(14-8-13(21)5-6-16(14)32-36(33,34)20(28,29)30)31-35-9-11-3-4-12(18(22,23)24)7-15(11)19(25,26)27/h3-8,10,32H,9H2,1-2H3. The Labute approximate surface area is 203 Å². The zero-order valence-electron chi connectivity index (χ0n) is 18.1. The second-order valence-electron chi connectivity index (χ2n) is 7.51. The maximum absolute atomic E-state index is 13.3. The summed E-state index contributed by atoms with van der Waals surface area (Å²) in [5.41, 5.74) is -10.6. The molecule has 0 saturated heterocycles. The highest BCUT2D eigenvalue weighted by Gasteiger charge is 2.46. The summed E-state index contributed by atoms with van der Waals surface area (Å²) in [6.45, 7) is 1.96. The molecule has 0 aliphatic carbocycles. The molecule has 0 saturated carbocycles. The van der Waals surface area contributed by atoms with Crippen molar-refractivity contribution in [1.29, 1.82) is 0 Å². The Balaban J connectivity index is 2.47. The van der Waals surface area contributed by atoms with Gasteiger partial charge in [0.25, 0.3) is 0 Å². The van der Waals surface area contributed by atoms with Gasteiger partial charge in [0.05, 0.1) is 22.5 Å². The number of hydrogen-bond donors (Lipinski definition) is 1. The third kappa shape index (κ3) is 7.18. The van der Waals surface area contributed by atoms with Crippen LogP contribution in [0.1, 0.15) is 36.1 Å². The van der Waals surface area contributed by atoms with Gasteiger partial charge in [-0.15, -0.1) is 0 Å². The molecule has 200 valence electrons. The number of halogens is 10. The molecule has 0 amide bonds. The van der Waals surface area contributed by atoms with Gasteiger partial charge < -0.3 is 4.84 Å². The van der Waals surface area contributed by atoms with Crippen molar-refractivity contribution in [3.05, 3.63) is 63.7 Å². The number of benzene rings is 2. The van der Waals surface area contributed by atoms with Crippen molar-refractivity contribution in [2.45, 2.75) is 38.3 Å². The van der Waals surface area contributed by atoms with Crippen LogP contribution in [0.3, 0.4) is 0 Å². The van der Waals surface area contributed by atoms with E-state index in [9.17, 15) is 47.9 Å². The summed E-state index contributed by atoms with van der Waals surface area (Å²) in [6, 6.07) is 3.93. The van der Waals surface area contributed by atoms with Crippen LogP contribution in [0.25, 0.3) is 0 Å². The Kier molecular flexibility index (Phi) is 8.50. The fraction of sp³-hybridized carbons (Fsp3) is 0.350. The first-order chi connectivity index (χ1) is 16.2. The lowest BCUT2D eigenvalue weighted by Gasteiger charge is -2.18. The maximum atomic E-state index is 13.3. The van der Waals surface area contributed by atoms with Gasteiger partial charge >= 0.3 is 27.9 Å². The molecule has 0 heterocycles.